The number of anilines is 2. The number of carbonyl (C=O) groups excluding carboxylic acids is 1. The summed E-state index contributed by atoms with van der Waals surface area (Å²) in [5, 5.41) is 0.815. The van der Waals surface area contributed by atoms with Gasteiger partial charge in [0.15, 0.2) is 0 Å². The molecule has 1 amide bonds. The van der Waals surface area contributed by atoms with Gasteiger partial charge in [-0.25, -0.2) is 14.4 Å². The molecule has 1 aromatic heterocycles. The molecule has 0 spiro atoms. The van der Waals surface area contributed by atoms with Crippen molar-refractivity contribution in [3.05, 3.63) is 42.5 Å². The number of piperazine rings is 1. The number of carbonyl (C=O) groups is 1. The van der Waals surface area contributed by atoms with E-state index in [1.54, 1.807) is 12.4 Å². The molecule has 0 aliphatic carbocycles. The largest absolute Gasteiger partial charge is 0.366 e. The molecule has 2 aromatic rings. The molecule has 0 saturated carbocycles. The zero-order valence-electron chi connectivity index (χ0n) is 17.3. The average Bonchev–Trinajstić information content (AvgIpc) is 2.79. The van der Waals surface area contributed by atoms with E-state index in [0.717, 1.165) is 63.0 Å². The molecule has 2 saturated heterocycles. The number of aromatic nitrogens is 2. The van der Waals surface area contributed by atoms with Crippen LogP contribution >= 0.6 is 11.8 Å². The maximum absolute atomic E-state index is 14.0. The first-order chi connectivity index (χ1) is 14.6. The molecule has 30 heavy (non-hydrogen) atoms. The highest BCUT2D eigenvalue weighted by Crippen LogP contribution is 2.25. The molecule has 2 aliphatic rings. The second-order valence-corrected chi connectivity index (χ2v) is 8.99. The van der Waals surface area contributed by atoms with Crippen LogP contribution in [0, 0.1) is 11.7 Å². The van der Waals surface area contributed by atoms with Crippen LogP contribution in [0.25, 0.3) is 0 Å². The first kappa shape index (κ1) is 20.9. The fourth-order valence-corrected chi connectivity index (χ4v) is 4.72. The Kier molecular flexibility index (Phi) is 6.72. The highest BCUT2D eigenvalue weighted by molar-refractivity contribution is 7.99. The van der Waals surface area contributed by atoms with Crippen molar-refractivity contribution in [2.45, 2.75) is 24.8 Å². The predicted octanol–water partition coefficient (Wildman–Crippen LogP) is 3.29. The van der Waals surface area contributed by atoms with Crippen LogP contribution in [-0.2, 0) is 4.79 Å². The number of hydrogen-bond donors (Lipinski definition) is 0. The molecule has 3 heterocycles. The fourth-order valence-electron chi connectivity index (χ4n) is 3.95. The molecule has 160 valence electrons. The zero-order chi connectivity index (χ0) is 20.9. The summed E-state index contributed by atoms with van der Waals surface area (Å²) in [5.74, 6) is 1.99. The van der Waals surface area contributed by atoms with Gasteiger partial charge >= 0.3 is 0 Å². The number of nitrogens with zero attached hydrogens (tertiary/aromatic N) is 5. The molecule has 2 fully saturated rings. The lowest BCUT2D eigenvalue weighted by atomic mass is 9.99. The summed E-state index contributed by atoms with van der Waals surface area (Å²) in [4.78, 5) is 27.5. The molecule has 2 aliphatic heterocycles. The maximum Gasteiger partial charge on any atom is 0.232 e. The molecule has 6 nitrogen and oxygen atoms in total. The van der Waals surface area contributed by atoms with Crippen molar-refractivity contribution in [2.75, 3.05) is 54.8 Å². The number of benzene rings is 1. The number of rotatable bonds is 5. The number of hydrogen-bond acceptors (Lipinski definition) is 6. The summed E-state index contributed by atoms with van der Waals surface area (Å²) < 4.78 is 14.0. The average molecular weight is 430 g/mol. The molecule has 1 aromatic carbocycles. The molecule has 0 unspecified atom stereocenters. The van der Waals surface area contributed by atoms with Gasteiger partial charge in [0.2, 0.25) is 5.91 Å². The summed E-state index contributed by atoms with van der Waals surface area (Å²) in [6.45, 7) is 6.97. The lowest BCUT2D eigenvalue weighted by molar-refractivity contribution is -0.129. The molecule has 0 atom stereocenters. The SMILES string of the molecule is CC1CCN(C(=O)CSc2cc(N3CCN(c4ccccc4F)CC3)ncn2)CC1. The summed E-state index contributed by atoms with van der Waals surface area (Å²) in [6, 6.07) is 8.86. The van der Waals surface area contributed by atoms with E-state index in [2.05, 4.69) is 26.7 Å². The number of halogens is 1. The Balaban J connectivity index is 1.30. The number of piperidine rings is 1. The van der Waals surface area contributed by atoms with Gasteiger partial charge in [-0.05, 0) is 30.9 Å². The Morgan fingerprint density at radius 1 is 1.07 bits per heavy atom. The molecule has 0 N–H and O–H groups in total. The van der Waals surface area contributed by atoms with Crippen LogP contribution < -0.4 is 9.80 Å². The van der Waals surface area contributed by atoms with Crippen LogP contribution in [-0.4, -0.2) is 65.8 Å². The third-order valence-electron chi connectivity index (χ3n) is 5.90. The van der Waals surface area contributed by atoms with Crippen molar-refractivity contribution < 1.29 is 9.18 Å². The molecule has 0 radical (unpaired) electrons. The normalized spacial score (nSPS) is 18.0. The smallest absolute Gasteiger partial charge is 0.232 e. The zero-order valence-corrected chi connectivity index (χ0v) is 18.2. The van der Waals surface area contributed by atoms with E-state index in [1.165, 1.54) is 17.8 Å². The standard InChI is InChI=1S/C22H28FN5OS/c1-17-6-8-28(9-7-17)22(29)15-30-21-14-20(24-16-25-21)27-12-10-26(11-13-27)19-5-3-2-4-18(19)23/h2-5,14,16-17H,6-13,15H2,1H3. The predicted molar refractivity (Wildman–Crippen MR) is 119 cm³/mol. The Labute approximate surface area is 181 Å². The fraction of sp³-hybridized carbons (Fsp3) is 0.500. The molecule has 8 heteroatoms. The van der Waals surface area contributed by atoms with Crippen LogP contribution in [0.2, 0.25) is 0 Å². The van der Waals surface area contributed by atoms with Crippen LogP contribution in [0.15, 0.2) is 41.7 Å². The second-order valence-electron chi connectivity index (χ2n) is 7.99. The van der Waals surface area contributed by atoms with Gasteiger partial charge in [-0.2, -0.15) is 0 Å². The quantitative estimate of drug-likeness (QED) is 0.537. The number of thioether (sulfide) groups is 1. The number of amides is 1. The van der Waals surface area contributed by atoms with Crippen LogP contribution in [0.3, 0.4) is 0 Å². The van der Waals surface area contributed by atoms with E-state index in [9.17, 15) is 9.18 Å². The van der Waals surface area contributed by atoms with Crippen molar-refractivity contribution in [1.82, 2.24) is 14.9 Å². The third kappa shape index (κ3) is 5.03. The van der Waals surface area contributed by atoms with Crippen molar-refractivity contribution in [3.8, 4) is 0 Å². The third-order valence-corrected chi connectivity index (χ3v) is 6.81. The van der Waals surface area contributed by atoms with Crippen LogP contribution in [0.5, 0.6) is 0 Å². The number of para-hydroxylation sites is 1. The maximum atomic E-state index is 14.0. The number of likely N-dealkylation sites (tertiary alicyclic amines) is 1. The van der Waals surface area contributed by atoms with Gasteiger partial charge in [-0.15, -0.1) is 0 Å². The van der Waals surface area contributed by atoms with Gasteiger partial charge in [0, 0.05) is 45.3 Å². The minimum atomic E-state index is -0.181. The first-order valence-corrected chi connectivity index (χ1v) is 11.6. The molecule has 0 bridgehead atoms. The van der Waals surface area contributed by atoms with Crippen molar-refractivity contribution in [1.29, 1.82) is 0 Å². The highest BCUT2D eigenvalue weighted by atomic mass is 32.2. The van der Waals surface area contributed by atoms with E-state index in [1.807, 2.05) is 23.1 Å². The van der Waals surface area contributed by atoms with Crippen molar-refractivity contribution in [3.63, 3.8) is 0 Å². The van der Waals surface area contributed by atoms with E-state index in [-0.39, 0.29) is 11.7 Å². The minimum absolute atomic E-state index is 0.181. The lowest BCUT2D eigenvalue weighted by Crippen LogP contribution is -2.47. The summed E-state index contributed by atoms with van der Waals surface area (Å²) in [7, 11) is 0. The Morgan fingerprint density at radius 3 is 2.50 bits per heavy atom. The Bertz CT molecular complexity index is 866. The van der Waals surface area contributed by atoms with Gasteiger partial charge in [0.25, 0.3) is 0 Å². The van der Waals surface area contributed by atoms with Crippen molar-refractivity contribution in [2.24, 2.45) is 5.92 Å². The van der Waals surface area contributed by atoms with Gasteiger partial charge in [0.05, 0.1) is 11.4 Å². The summed E-state index contributed by atoms with van der Waals surface area (Å²) >= 11 is 1.47. The Hall–Kier alpha value is -2.35. The second kappa shape index (κ2) is 9.64. The monoisotopic (exact) mass is 429 g/mol. The van der Waals surface area contributed by atoms with Crippen LogP contribution in [0.4, 0.5) is 15.9 Å². The van der Waals surface area contributed by atoms with Gasteiger partial charge in [-0.3, -0.25) is 4.79 Å². The lowest BCUT2D eigenvalue weighted by Gasteiger charge is -2.36. The van der Waals surface area contributed by atoms with Crippen LogP contribution in [0.1, 0.15) is 19.8 Å². The van der Waals surface area contributed by atoms with E-state index in [0.29, 0.717) is 17.4 Å². The Morgan fingerprint density at radius 2 is 1.77 bits per heavy atom. The van der Waals surface area contributed by atoms with Gasteiger partial charge < -0.3 is 14.7 Å². The molecule has 4 rings (SSSR count). The highest BCUT2D eigenvalue weighted by Gasteiger charge is 2.22. The molecular formula is C22H28FN5OS. The summed E-state index contributed by atoms with van der Waals surface area (Å²) in [5.41, 5.74) is 0.654. The van der Waals surface area contributed by atoms with Gasteiger partial charge in [-0.1, -0.05) is 30.8 Å². The van der Waals surface area contributed by atoms with E-state index < -0.39 is 0 Å². The topological polar surface area (TPSA) is 52.6 Å². The first-order valence-electron chi connectivity index (χ1n) is 10.6. The van der Waals surface area contributed by atoms with Gasteiger partial charge in [0.1, 0.15) is 23.0 Å². The van der Waals surface area contributed by atoms with Crippen molar-refractivity contribution >= 4 is 29.2 Å². The van der Waals surface area contributed by atoms with E-state index >= 15 is 0 Å². The van der Waals surface area contributed by atoms with E-state index in [4.69, 9.17) is 0 Å². The summed E-state index contributed by atoms with van der Waals surface area (Å²) in [6.07, 6.45) is 3.74. The molecular weight excluding hydrogens is 401 g/mol. The minimum Gasteiger partial charge on any atom is -0.366 e.